The van der Waals surface area contributed by atoms with Gasteiger partial charge in [-0.3, -0.25) is 14.5 Å². The molecule has 154 valence electrons. The van der Waals surface area contributed by atoms with E-state index in [9.17, 15) is 9.59 Å². The lowest BCUT2D eigenvalue weighted by Gasteiger charge is -2.35. The van der Waals surface area contributed by atoms with E-state index in [-0.39, 0.29) is 5.91 Å². The number of rotatable bonds is 9. The zero-order chi connectivity index (χ0) is 18.9. The van der Waals surface area contributed by atoms with E-state index in [4.69, 9.17) is 0 Å². The molecule has 0 unspecified atom stereocenters. The summed E-state index contributed by atoms with van der Waals surface area (Å²) in [5.74, 6) is 2.15. The molecule has 0 aromatic heterocycles. The Morgan fingerprint density at radius 1 is 0.778 bits per heavy atom. The largest absolute Gasteiger partial charge is 0.355 e. The molecule has 1 N–H and O–H groups in total. The Hall–Kier alpha value is -1.10. The molecule has 0 aromatic carbocycles. The standard InChI is InChI=1S/C22H39N3O2/c26-21(11-9-19-5-1-2-6-19)23-13-14-24-15-17-25(18-16-24)22(27)12-10-20-7-3-4-8-20/h19-20H,1-18H2,(H,23,26). The molecule has 0 radical (unpaired) electrons. The van der Waals surface area contributed by atoms with Crippen molar-refractivity contribution in [2.24, 2.45) is 11.8 Å². The van der Waals surface area contributed by atoms with Gasteiger partial charge in [-0.05, 0) is 24.7 Å². The van der Waals surface area contributed by atoms with E-state index in [1.807, 2.05) is 4.90 Å². The van der Waals surface area contributed by atoms with Crippen LogP contribution in [0.1, 0.15) is 77.0 Å². The zero-order valence-electron chi connectivity index (χ0n) is 17.1. The highest BCUT2D eigenvalue weighted by Gasteiger charge is 2.23. The lowest BCUT2D eigenvalue weighted by Crippen LogP contribution is -2.50. The molecule has 2 saturated carbocycles. The van der Waals surface area contributed by atoms with Crippen molar-refractivity contribution < 1.29 is 9.59 Å². The summed E-state index contributed by atoms with van der Waals surface area (Å²) < 4.78 is 0. The summed E-state index contributed by atoms with van der Waals surface area (Å²) in [6.07, 6.45) is 14.3. The van der Waals surface area contributed by atoms with E-state index in [2.05, 4.69) is 10.2 Å². The minimum Gasteiger partial charge on any atom is -0.355 e. The van der Waals surface area contributed by atoms with Gasteiger partial charge in [-0.25, -0.2) is 0 Å². The van der Waals surface area contributed by atoms with Crippen LogP contribution in [0.4, 0.5) is 0 Å². The predicted molar refractivity (Wildman–Crippen MR) is 108 cm³/mol. The lowest BCUT2D eigenvalue weighted by molar-refractivity contribution is -0.133. The fraction of sp³-hybridized carbons (Fsp3) is 0.909. The van der Waals surface area contributed by atoms with Crippen LogP contribution in [0.2, 0.25) is 0 Å². The van der Waals surface area contributed by atoms with Gasteiger partial charge in [0.25, 0.3) is 0 Å². The van der Waals surface area contributed by atoms with Gasteiger partial charge < -0.3 is 10.2 Å². The third kappa shape index (κ3) is 7.10. The molecule has 1 aliphatic heterocycles. The van der Waals surface area contributed by atoms with E-state index in [0.717, 1.165) is 70.4 Å². The maximum absolute atomic E-state index is 12.4. The highest BCUT2D eigenvalue weighted by molar-refractivity contribution is 5.76. The molecule has 2 aliphatic carbocycles. The Balaban J connectivity index is 1.21. The van der Waals surface area contributed by atoms with Gasteiger partial charge in [0.2, 0.25) is 11.8 Å². The van der Waals surface area contributed by atoms with Gasteiger partial charge in [0, 0.05) is 52.1 Å². The van der Waals surface area contributed by atoms with Crippen LogP contribution in [0.15, 0.2) is 0 Å². The summed E-state index contributed by atoms with van der Waals surface area (Å²) in [6.45, 7) is 5.21. The average molecular weight is 378 g/mol. The van der Waals surface area contributed by atoms with E-state index in [1.165, 1.54) is 51.4 Å². The fourth-order valence-corrected chi connectivity index (χ4v) is 5.08. The van der Waals surface area contributed by atoms with E-state index < -0.39 is 0 Å². The molecular weight excluding hydrogens is 338 g/mol. The maximum Gasteiger partial charge on any atom is 0.222 e. The van der Waals surface area contributed by atoms with Crippen molar-refractivity contribution in [3.63, 3.8) is 0 Å². The van der Waals surface area contributed by atoms with Crippen LogP contribution in [0.3, 0.4) is 0 Å². The minimum atomic E-state index is 0.211. The summed E-state index contributed by atoms with van der Waals surface area (Å²) in [6, 6.07) is 0. The van der Waals surface area contributed by atoms with Gasteiger partial charge in [0.15, 0.2) is 0 Å². The molecule has 3 rings (SSSR count). The van der Waals surface area contributed by atoms with Gasteiger partial charge in [-0.1, -0.05) is 51.4 Å². The summed E-state index contributed by atoms with van der Waals surface area (Å²) >= 11 is 0. The van der Waals surface area contributed by atoms with Crippen LogP contribution in [-0.2, 0) is 9.59 Å². The quantitative estimate of drug-likeness (QED) is 0.671. The van der Waals surface area contributed by atoms with Gasteiger partial charge in [0.1, 0.15) is 0 Å². The van der Waals surface area contributed by atoms with Crippen molar-refractivity contribution in [2.75, 3.05) is 39.3 Å². The summed E-state index contributed by atoms with van der Waals surface area (Å²) in [7, 11) is 0. The number of hydrogen-bond donors (Lipinski definition) is 1. The summed E-state index contributed by atoms with van der Waals surface area (Å²) in [4.78, 5) is 28.8. The first-order valence-electron chi connectivity index (χ1n) is 11.5. The molecule has 0 spiro atoms. The molecule has 3 fully saturated rings. The van der Waals surface area contributed by atoms with Crippen molar-refractivity contribution in [2.45, 2.75) is 77.0 Å². The minimum absolute atomic E-state index is 0.211. The first kappa shape index (κ1) is 20.6. The molecule has 0 bridgehead atoms. The molecule has 5 heteroatoms. The predicted octanol–water partition coefficient (Wildman–Crippen LogP) is 3.19. The van der Waals surface area contributed by atoms with E-state index in [1.54, 1.807) is 0 Å². The number of piperazine rings is 1. The second-order valence-corrected chi connectivity index (χ2v) is 8.95. The molecule has 27 heavy (non-hydrogen) atoms. The van der Waals surface area contributed by atoms with Crippen LogP contribution in [0, 0.1) is 11.8 Å². The van der Waals surface area contributed by atoms with Crippen molar-refractivity contribution in [3.8, 4) is 0 Å². The van der Waals surface area contributed by atoms with Crippen LogP contribution in [-0.4, -0.2) is 60.9 Å². The Morgan fingerprint density at radius 2 is 1.33 bits per heavy atom. The summed E-state index contributed by atoms with van der Waals surface area (Å²) in [5.41, 5.74) is 0. The number of carbonyl (C=O) groups excluding carboxylic acids is 2. The average Bonchev–Trinajstić information content (AvgIpc) is 3.39. The zero-order valence-corrected chi connectivity index (χ0v) is 17.1. The van der Waals surface area contributed by atoms with E-state index >= 15 is 0 Å². The molecular formula is C22H39N3O2. The third-order valence-electron chi connectivity index (χ3n) is 6.97. The monoisotopic (exact) mass is 377 g/mol. The normalized spacial score (nSPS) is 22.4. The Labute approximate surface area is 165 Å². The summed E-state index contributed by atoms with van der Waals surface area (Å²) in [5, 5.41) is 3.08. The fourth-order valence-electron chi connectivity index (χ4n) is 5.08. The lowest BCUT2D eigenvalue weighted by atomic mass is 10.0. The van der Waals surface area contributed by atoms with Crippen molar-refractivity contribution >= 4 is 11.8 Å². The van der Waals surface area contributed by atoms with Gasteiger partial charge in [0.05, 0.1) is 0 Å². The Morgan fingerprint density at radius 3 is 1.93 bits per heavy atom. The second-order valence-electron chi connectivity index (χ2n) is 8.95. The first-order valence-corrected chi connectivity index (χ1v) is 11.5. The Bertz CT molecular complexity index is 459. The highest BCUT2D eigenvalue weighted by atomic mass is 16.2. The van der Waals surface area contributed by atoms with Crippen molar-refractivity contribution in [1.82, 2.24) is 15.1 Å². The molecule has 1 saturated heterocycles. The van der Waals surface area contributed by atoms with Gasteiger partial charge >= 0.3 is 0 Å². The third-order valence-corrected chi connectivity index (χ3v) is 6.97. The van der Waals surface area contributed by atoms with Crippen LogP contribution in [0.5, 0.6) is 0 Å². The van der Waals surface area contributed by atoms with E-state index in [0.29, 0.717) is 12.3 Å². The number of nitrogens with one attached hydrogen (secondary N) is 1. The van der Waals surface area contributed by atoms with Crippen LogP contribution >= 0.6 is 0 Å². The van der Waals surface area contributed by atoms with Gasteiger partial charge in [-0.2, -0.15) is 0 Å². The molecule has 0 aromatic rings. The Kier molecular flexibility index (Phi) is 8.43. The SMILES string of the molecule is O=C(CCC1CCCC1)NCCN1CCN(C(=O)CCC2CCCC2)CC1. The van der Waals surface area contributed by atoms with Crippen LogP contribution in [0.25, 0.3) is 0 Å². The first-order chi connectivity index (χ1) is 13.2. The molecule has 3 aliphatic rings. The maximum atomic E-state index is 12.4. The van der Waals surface area contributed by atoms with Gasteiger partial charge in [-0.15, -0.1) is 0 Å². The molecule has 5 nitrogen and oxygen atoms in total. The van der Waals surface area contributed by atoms with Crippen LogP contribution < -0.4 is 5.32 Å². The molecule has 1 heterocycles. The van der Waals surface area contributed by atoms with Crippen molar-refractivity contribution in [1.29, 1.82) is 0 Å². The number of amides is 2. The molecule has 2 amide bonds. The molecule has 0 atom stereocenters. The number of nitrogens with zero attached hydrogens (tertiary/aromatic N) is 2. The number of carbonyl (C=O) groups is 2. The van der Waals surface area contributed by atoms with Crippen molar-refractivity contribution in [3.05, 3.63) is 0 Å². The smallest absolute Gasteiger partial charge is 0.222 e. The topological polar surface area (TPSA) is 52.7 Å². The number of hydrogen-bond acceptors (Lipinski definition) is 3. The highest BCUT2D eigenvalue weighted by Crippen LogP contribution is 2.29. The second kappa shape index (κ2) is 11.0.